The van der Waals surface area contributed by atoms with E-state index < -0.39 is 5.60 Å². The van der Waals surface area contributed by atoms with Crippen LogP contribution in [-0.4, -0.2) is 20.9 Å². The van der Waals surface area contributed by atoms with Crippen molar-refractivity contribution in [2.24, 2.45) is 7.05 Å². The van der Waals surface area contributed by atoms with Gasteiger partial charge in [0, 0.05) is 19.6 Å². The van der Waals surface area contributed by atoms with Crippen LogP contribution < -0.4 is 5.32 Å². The SMILES string of the molecule is Cc1cc(CNC2CCC(O)(c3ccc(C(C)C)cc3)CC2)n(C)n1. The summed E-state index contributed by atoms with van der Waals surface area (Å²) in [6, 6.07) is 11.1. The Hall–Kier alpha value is -1.65. The molecule has 0 bridgehead atoms. The van der Waals surface area contributed by atoms with E-state index in [0.29, 0.717) is 12.0 Å². The first-order chi connectivity index (χ1) is 11.9. The molecule has 0 spiro atoms. The normalized spacial score (nSPS) is 24.0. The number of hydrogen-bond acceptors (Lipinski definition) is 3. The Labute approximate surface area is 151 Å². The maximum Gasteiger partial charge on any atom is 0.0897 e. The number of nitrogens with zero attached hydrogens (tertiary/aromatic N) is 2. The molecule has 2 N–H and O–H groups in total. The van der Waals surface area contributed by atoms with Gasteiger partial charge < -0.3 is 10.4 Å². The van der Waals surface area contributed by atoms with Crippen molar-refractivity contribution in [3.63, 3.8) is 0 Å². The zero-order chi connectivity index (χ0) is 18.0. The molecule has 4 heteroatoms. The Bertz CT molecular complexity index is 694. The van der Waals surface area contributed by atoms with Crippen molar-refractivity contribution in [2.75, 3.05) is 0 Å². The molecule has 0 saturated heterocycles. The summed E-state index contributed by atoms with van der Waals surface area (Å²) in [6.45, 7) is 7.26. The molecule has 0 amide bonds. The van der Waals surface area contributed by atoms with Gasteiger partial charge in [-0.05, 0) is 55.7 Å². The summed E-state index contributed by atoms with van der Waals surface area (Å²) in [5.41, 5.74) is 3.99. The molecule has 0 radical (unpaired) electrons. The van der Waals surface area contributed by atoms with E-state index in [9.17, 15) is 5.11 Å². The summed E-state index contributed by atoms with van der Waals surface area (Å²) in [4.78, 5) is 0. The predicted octanol–water partition coefficient (Wildman–Crippen LogP) is 3.77. The van der Waals surface area contributed by atoms with Crippen molar-refractivity contribution in [1.82, 2.24) is 15.1 Å². The minimum absolute atomic E-state index is 0.463. The van der Waals surface area contributed by atoms with E-state index in [0.717, 1.165) is 43.5 Å². The largest absolute Gasteiger partial charge is 0.385 e. The molecule has 2 aromatic rings. The first-order valence-electron chi connectivity index (χ1n) is 9.43. The van der Waals surface area contributed by atoms with Gasteiger partial charge in [0.1, 0.15) is 0 Å². The summed E-state index contributed by atoms with van der Waals surface area (Å²) in [5, 5.41) is 19.1. The Kier molecular flexibility index (Phi) is 5.30. The van der Waals surface area contributed by atoms with E-state index in [1.165, 1.54) is 11.3 Å². The molecule has 1 aromatic carbocycles. The Balaban J connectivity index is 1.56. The molecular formula is C21H31N3O. The summed E-state index contributed by atoms with van der Waals surface area (Å²) < 4.78 is 1.94. The van der Waals surface area contributed by atoms with Crippen LogP contribution in [0, 0.1) is 6.92 Å². The van der Waals surface area contributed by atoms with Crippen LogP contribution in [0.2, 0.25) is 0 Å². The predicted molar refractivity (Wildman–Crippen MR) is 101 cm³/mol. The third-order valence-corrected chi connectivity index (χ3v) is 5.60. The van der Waals surface area contributed by atoms with E-state index in [2.05, 4.69) is 54.6 Å². The molecule has 1 heterocycles. The number of aliphatic hydroxyl groups is 1. The number of aromatic nitrogens is 2. The van der Waals surface area contributed by atoms with Crippen molar-refractivity contribution in [2.45, 2.75) is 70.6 Å². The first-order valence-corrected chi connectivity index (χ1v) is 9.43. The smallest absolute Gasteiger partial charge is 0.0897 e. The van der Waals surface area contributed by atoms with E-state index in [-0.39, 0.29) is 0 Å². The van der Waals surface area contributed by atoms with Crippen molar-refractivity contribution in [3.05, 3.63) is 52.8 Å². The second kappa shape index (κ2) is 7.30. The van der Waals surface area contributed by atoms with Crippen LogP contribution in [0.15, 0.2) is 30.3 Å². The number of nitrogens with one attached hydrogen (secondary N) is 1. The summed E-state index contributed by atoms with van der Waals surface area (Å²) in [5.74, 6) is 0.527. The molecule has 0 atom stereocenters. The lowest BCUT2D eigenvalue weighted by atomic mass is 9.77. The van der Waals surface area contributed by atoms with Crippen molar-refractivity contribution in [1.29, 1.82) is 0 Å². The van der Waals surface area contributed by atoms with Crippen LogP contribution in [0.1, 0.15) is 68.0 Å². The average molecular weight is 341 g/mol. The molecule has 1 aromatic heterocycles. The van der Waals surface area contributed by atoms with Gasteiger partial charge in [0.05, 0.1) is 17.0 Å². The molecule has 1 aliphatic rings. The van der Waals surface area contributed by atoms with Gasteiger partial charge in [-0.1, -0.05) is 38.1 Å². The number of benzene rings is 1. The van der Waals surface area contributed by atoms with Crippen LogP contribution in [0.3, 0.4) is 0 Å². The molecule has 1 fully saturated rings. The number of rotatable bonds is 5. The maximum atomic E-state index is 11.1. The van der Waals surface area contributed by atoms with Gasteiger partial charge in [-0.15, -0.1) is 0 Å². The minimum Gasteiger partial charge on any atom is -0.385 e. The molecule has 136 valence electrons. The van der Waals surface area contributed by atoms with Gasteiger partial charge in [-0.3, -0.25) is 4.68 Å². The Morgan fingerprint density at radius 1 is 1.24 bits per heavy atom. The summed E-state index contributed by atoms with van der Waals surface area (Å²) in [7, 11) is 1.99. The molecule has 0 aliphatic heterocycles. The van der Waals surface area contributed by atoms with Crippen molar-refractivity contribution in [3.8, 4) is 0 Å². The summed E-state index contributed by atoms with van der Waals surface area (Å²) in [6.07, 6.45) is 3.63. The molecule has 1 aliphatic carbocycles. The lowest BCUT2D eigenvalue weighted by Gasteiger charge is -2.37. The Morgan fingerprint density at radius 2 is 1.88 bits per heavy atom. The van der Waals surface area contributed by atoms with Crippen molar-refractivity contribution >= 4 is 0 Å². The highest BCUT2D eigenvalue weighted by Crippen LogP contribution is 2.37. The van der Waals surface area contributed by atoms with Gasteiger partial charge in [0.25, 0.3) is 0 Å². The maximum absolute atomic E-state index is 11.1. The first kappa shape index (κ1) is 18.2. The average Bonchev–Trinajstić information content (AvgIpc) is 2.92. The fourth-order valence-corrected chi connectivity index (χ4v) is 3.85. The monoisotopic (exact) mass is 341 g/mol. The lowest BCUT2D eigenvalue weighted by Crippen LogP contribution is -2.39. The van der Waals surface area contributed by atoms with Gasteiger partial charge in [0.2, 0.25) is 0 Å². The van der Waals surface area contributed by atoms with Gasteiger partial charge in [-0.2, -0.15) is 5.10 Å². The molecule has 25 heavy (non-hydrogen) atoms. The van der Waals surface area contributed by atoms with Crippen LogP contribution in [-0.2, 0) is 19.2 Å². The lowest BCUT2D eigenvalue weighted by molar-refractivity contribution is -0.00853. The third-order valence-electron chi connectivity index (χ3n) is 5.60. The zero-order valence-electron chi connectivity index (χ0n) is 15.9. The highest BCUT2D eigenvalue weighted by Gasteiger charge is 2.34. The highest BCUT2D eigenvalue weighted by atomic mass is 16.3. The second-order valence-corrected chi connectivity index (χ2v) is 7.86. The fourth-order valence-electron chi connectivity index (χ4n) is 3.85. The number of aryl methyl sites for hydroxylation is 2. The van der Waals surface area contributed by atoms with Crippen LogP contribution in [0.5, 0.6) is 0 Å². The van der Waals surface area contributed by atoms with Crippen LogP contribution in [0.25, 0.3) is 0 Å². The molecule has 4 nitrogen and oxygen atoms in total. The summed E-state index contributed by atoms with van der Waals surface area (Å²) >= 11 is 0. The quantitative estimate of drug-likeness (QED) is 0.870. The fraction of sp³-hybridized carbons (Fsp3) is 0.571. The van der Waals surface area contributed by atoms with Gasteiger partial charge in [-0.25, -0.2) is 0 Å². The highest BCUT2D eigenvalue weighted by molar-refractivity contribution is 5.29. The molecule has 1 saturated carbocycles. The Morgan fingerprint density at radius 3 is 2.40 bits per heavy atom. The topological polar surface area (TPSA) is 50.1 Å². The van der Waals surface area contributed by atoms with Crippen LogP contribution >= 0.6 is 0 Å². The van der Waals surface area contributed by atoms with Gasteiger partial charge in [0.15, 0.2) is 0 Å². The van der Waals surface area contributed by atoms with Gasteiger partial charge >= 0.3 is 0 Å². The van der Waals surface area contributed by atoms with E-state index in [4.69, 9.17) is 0 Å². The van der Waals surface area contributed by atoms with Crippen LogP contribution in [0.4, 0.5) is 0 Å². The molecule has 3 rings (SSSR count). The zero-order valence-corrected chi connectivity index (χ0v) is 15.9. The van der Waals surface area contributed by atoms with E-state index in [1.54, 1.807) is 0 Å². The standard InChI is InChI=1S/C21H31N3O/c1-15(2)17-5-7-18(8-6-17)21(25)11-9-19(10-12-21)22-14-20-13-16(3)23-24(20)4/h5-8,13,15,19,22,25H,9-12,14H2,1-4H3. The van der Waals surface area contributed by atoms with E-state index in [1.807, 2.05) is 18.7 Å². The second-order valence-electron chi connectivity index (χ2n) is 7.86. The molecular weight excluding hydrogens is 310 g/mol. The van der Waals surface area contributed by atoms with E-state index >= 15 is 0 Å². The minimum atomic E-state index is -0.670. The molecule has 0 unspecified atom stereocenters. The van der Waals surface area contributed by atoms with Crippen molar-refractivity contribution < 1.29 is 5.11 Å². The number of hydrogen-bond donors (Lipinski definition) is 2. The third kappa shape index (κ3) is 4.13.